The minimum Gasteiger partial charge on any atom is -0.370 e. The van der Waals surface area contributed by atoms with E-state index in [2.05, 4.69) is 52.7 Å². The second-order valence-electron chi connectivity index (χ2n) is 10.1. The second-order valence-corrected chi connectivity index (χ2v) is 10.1. The van der Waals surface area contributed by atoms with Crippen molar-refractivity contribution >= 4 is 28.9 Å². The lowest BCUT2D eigenvalue weighted by atomic mass is 9.45. The van der Waals surface area contributed by atoms with Crippen molar-refractivity contribution in [2.75, 3.05) is 42.7 Å². The lowest BCUT2D eigenvalue weighted by Crippen LogP contribution is -2.49. The van der Waals surface area contributed by atoms with Gasteiger partial charge in [-0.15, -0.1) is 0 Å². The van der Waals surface area contributed by atoms with Crippen molar-refractivity contribution in [1.82, 2.24) is 4.90 Å². The first-order valence-corrected chi connectivity index (χ1v) is 12.1. The van der Waals surface area contributed by atoms with E-state index >= 15 is 0 Å². The molecule has 4 fully saturated rings. The van der Waals surface area contributed by atoms with E-state index in [4.69, 9.17) is 0 Å². The van der Waals surface area contributed by atoms with Crippen molar-refractivity contribution in [3.8, 4) is 0 Å². The van der Waals surface area contributed by atoms with E-state index < -0.39 is 0 Å². The van der Waals surface area contributed by atoms with Gasteiger partial charge in [0.15, 0.2) is 0 Å². The summed E-state index contributed by atoms with van der Waals surface area (Å²) in [7, 11) is 4.26. The fraction of sp³-hybridized carbons (Fsp3) is 0.357. The molecule has 3 saturated carbocycles. The summed E-state index contributed by atoms with van der Waals surface area (Å²) in [5.41, 5.74) is 7.07. The molecule has 3 atom stereocenters. The molecular weight excluding hydrogens is 424 g/mol. The summed E-state index contributed by atoms with van der Waals surface area (Å²) in [5, 5.41) is 5.97. The number of carbonyl (C=O) groups excluding carboxylic acids is 2. The first-order chi connectivity index (χ1) is 16.5. The number of anilines is 3. The predicted octanol–water partition coefficient (Wildman–Crippen LogP) is 4.29. The summed E-state index contributed by atoms with van der Waals surface area (Å²) < 4.78 is 0. The Labute approximate surface area is 200 Å². The summed E-state index contributed by atoms with van der Waals surface area (Å²) in [6.07, 6.45) is 5.36. The van der Waals surface area contributed by atoms with E-state index in [1.807, 2.05) is 12.1 Å². The predicted molar refractivity (Wildman–Crippen MR) is 135 cm³/mol. The fourth-order valence-corrected chi connectivity index (χ4v) is 5.72. The molecule has 1 heterocycles. The van der Waals surface area contributed by atoms with Gasteiger partial charge in [0.2, 0.25) is 0 Å². The Morgan fingerprint density at radius 3 is 2.15 bits per heavy atom. The van der Waals surface area contributed by atoms with Crippen LogP contribution in [0.5, 0.6) is 0 Å². The number of amides is 2. The van der Waals surface area contributed by atoms with Crippen molar-refractivity contribution in [2.24, 2.45) is 11.8 Å². The molecule has 2 aromatic carbocycles. The molecule has 2 N–H and O–H groups in total. The molecule has 2 aromatic rings. The molecule has 2 amide bonds. The Bertz CT molecular complexity index is 1200. The number of benzene rings is 2. The highest BCUT2D eigenvalue weighted by atomic mass is 16.2. The van der Waals surface area contributed by atoms with Crippen molar-refractivity contribution in [3.05, 3.63) is 76.9 Å². The SMILES string of the molecule is CN(C)C1CCN(c2ccc(NC(=O)c3ccc(NC(=O)C4=C5C6CC5C6=CC4)cc3)cc2)C1. The number of hydrogen-bond donors (Lipinski definition) is 2. The minimum atomic E-state index is -0.163. The molecule has 6 nitrogen and oxygen atoms in total. The van der Waals surface area contributed by atoms with Crippen LogP contribution in [0.1, 0.15) is 29.6 Å². The van der Waals surface area contributed by atoms with E-state index in [1.54, 1.807) is 29.8 Å². The number of nitrogens with zero attached hydrogens (tertiary/aromatic N) is 2. The highest BCUT2D eigenvalue weighted by Crippen LogP contribution is 2.66. The van der Waals surface area contributed by atoms with Gasteiger partial charge in [-0.25, -0.2) is 0 Å². The van der Waals surface area contributed by atoms with Crippen LogP contribution in [-0.2, 0) is 4.79 Å². The Hall–Kier alpha value is -3.38. The quantitative estimate of drug-likeness (QED) is 0.639. The molecule has 3 unspecified atom stereocenters. The lowest BCUT2D eigenvalue weighted by molar-refractivity contribution is -0.113. The largest absolute Gasteiger partial charge is 0.370 e. The standard InChI is InChI=1S/C28H30N4O2/c1-31(2)21-13-14-32(16-21)20-9-7-19(8-10-20)29-27(33)17-3-5-18(6-4-17)30-28(34)23-12-11-22-24-15-25(22)26(23)24/h3-11,21,24-25H,12-16H2,1-2H3,(H,29,33)(H,30,34). The van der Waals surface area contributed by atoms with Gasteiger partial charge in [0, 0.05) is 59.2 Å². The number of carbonyl (C=O) groups is 2. The van der Waals surface area contributed by atoms with Gasteiger partial charge >= 0.3 is 0 Å². The molecule has 1 saturated heterocycles. The average molecular weight is 455 g/mol. The summed E-state index contributed by atoms with van der Waals surface area (Å²) in [6.45, 7) is 2.08. The average Bonchev–Trinajstić information content (AvgIpc) is 3.29. The van der Waals surface area contributed by atoms with Crippen molar-refractivity contribution < 1.29 is 9.59 Å². The van der Waals surface area contributed by atoms with Crippen LogP contribution in [0.4, 0.5) is 17.1 Å². The molecule has 34 heavy (non-hydrogen) atoms. The van der Waals surface area contributed by atoms with Crippen molar-refractivity contribution in [2.45, 2.75) is 25.3 Å². The lowest BCUT2D eigenvalue weighted by Gasteiger charge is -2.59. The third-order valence-electron chi connectivity index (χ3n) is 7.98. The van der Waals surface area contributed by atoms with Crippen LogP contribution in [0.15, 0.2) is 71.3 Å². The van der Waals surface area contributed by atoms with Crippen molar-refractivity contribution in [1.29, 1.82) is 0 Å². The highest BCUT2D eigenvalue weighted by Gasteiger charge is 2.56. The number of nitrogens with one attached hydrogen (secondary N) is 2. The number of likely N-dealkylation sites (N-methyl/N-ethyl adjacent to an activating group) is 1. The summed E-state index contributed by atoms with van der Waals surface area (Å²) >= 11 is 0. The summed E-state index contributed by atoms with van der Waals surface area (Å²) in [4.78, 5) is 30.1. The van der Waals surface area contributed by atoms with E-state index in [0.29, 0.717) is 29.1 Å². The zero-order valence-corrected chi connectivity index (χ0v) is 19.7. The first-order valence-electron chi connectivity index (χ1n) is 12.1. The maximum absolute atomic E-state index is 12.7. The molecule has 0 spiro atoms. The molecule has 1 aliphatic heterocycles. The number of hydrogen-bond acceptors (Lipinski definition) is 4. The monoisotopic (exact) mass is 454 g/mol. The number of rotatable bonds is 6. The molecule has 4 aliphatic carbocycles. The van der Waals surface area contributed by atoms with Gasteiger partial charge in [0.1, 0.15) is 0 Å². The summed E-state index contributed by atoms with van der Waals surface area (Å²) in [5.74, 6) is 0.950. The molecule has 7 rings (SSSR count). The fourth-order valence-electron chi connectivity index (χ4n) is 5.72. The van der Waals surface area contributed by atoms with E-state index in [0.717, 1.165) is 30.8 Å². The molecule has 6 heteroatoms. The van der Waals surface area contributed by atoms with Gasteiger partial charge in [-0.3, -0.25) is 9.59 Å². The second kappa shape index (κ2) is 8.13. The van der Waals surface area contributed by atoms with E-state index in [-0.39, 0.29) is 11.8 Å². The van der Waals surface area contributed by atoms with Crippen LogP contribution in [0.2, 0.25) is 0 Å². The normalized spacial score (nSPS) is 24.4. The van der Waals surface area contributed by atoms with Crippen LogP contribution < -0.4 is 15.5 Å². The smallest absolute Gasteiger partial charge is 0.255 e. The van der Waals surface area contributed by atoms with E-state index in [1.165, 1.54) is 24.1 Å². The maximum atomic E-state index is 12.7. The first kappa shape index (κ1) is 21.2. The van der Waals surface area contributed by atoms with Crippen molar-refractivity contribution in [3.63, 3.8) is 0 Å². The number of allylic oxidation sites excluding steroid dienone is 3. The van der Waals surface area contributed by atoms with Gasteiger partial charge in [0.05, 0.1) is 0 Å². The minimum absolute atomic E-state index is 0.00750. The molecule has 0 radical (unpaired) electrons. The summed E-state index contributed by atoms with van der Waals surface area (Å²) in [6, 6.07) is 15.7. The molecular formula is C28H30N4O2. The van der Waals surface area contributed by atoms with Gasteiger partial charge in [-0.2, -0.15) is 0 Å². The molecule has 0 aromatic heterocycles. The van der Waals surface area contributed by atoms with Gasteiger partial charge in [-0.1, -0.05) is 11.6 Å². The third kappa shape index (κ3) is 3.53. The zero-order chi connectivity index (χ0) is 23.4. The topological polar surface area (TPSA) is 64.7 Å². The van der Waals surface area contributed by atoms with Gasteiger partial charge in [0.25, 0.3) is 11.8 Å². The van der Waals surface area contributed by atoms with Crippen LogP contribution in [0.25, 0.3) is 0 Å². The molecule has 174 valence electrons. The van der Waals surface area contributed by atoms with Crippen LogP contribution in [-0.4, -0.2) is 49.9 Å². The Morgan fingerprint density at radius 2 is 1.56 bits per heavy atom. The Morgan fingerprint density at radius 1 is 0.912 bits per heavy atom. The zero-order valence-electron chi connectivity index (χ0n) is 19.7. The molecule has 4 bridgehead atoms. The Balaban J connectivity index is 1.04. The van der Waals surface area contributed by atoms with E-state index in [9.17, 15) is 9.59 Å². The Kier molecular flexibility index (Phi) is 5.06. The molecule has 5 aliphatic rings. The third-order valence-corrected chi connectivity index (χ3v) is 7.98. The maximum Gasteiger partial charge on any atom is 0.255 e. The van der Waals surface area contributed by atoms with Gasteiger partial charge in [-0.05, 0) is 87.5 Å². The highest BCUT2D eigenvalue weighted by molar-refractivity contribution is 6.07. The van der Waals surface area contributed by atoms with Crippen LogP contribution >= 0.6 is 0 Å². The van der Waals surface area contributed by atoms with Crippen LogP contribution in [0.3, 0.4) is 0 Å². The van der Waals surface area contributed by atoms with Gasteiger partial charge < -0.3 is 20.4 Å². The van der Waals surface area contributed by atoms with Crippen LogP contribution in [0, 0.1) is 11.8 Å².